The van der Waals surface area contributed by atoms with Crippen molar-refractivity contribution in [3.63, 3.8) is 0 Å². The van der Waals surface area contributed by atoms with E-state index in [-0.39, 0.29) is 17.9 Å². The summed E-state index contributed by atoms with van der Waals surface area (Å²) < 4.78 is 5.01. The average Bonchev–Trinajstić information content (AvgIpc) is 2.38. The molecule has 1 unspecified atom stereocenters. The van der Waals surface area contributed by atoms with E-state index in [1.165, 1.54) is 0 Å². The number of esters is 1. The van der Waals surface area contributed by atoms with Crippen LogP contribution in [0.2, 0.25) is 0 Å². The molecule has 19 heavy (non-hydrogen) atoms. The van der Waals surface area contributed by atoms with Gasteiger partial charge in [0.15, 0.2) is 0 Å². The Balaban J connectivity index is 2.45. The van der Waals surface area contributed by atoms with Gasteiger partial charge in [-0.1, -0.05) is 19.9 Å². The summed E-state index contributed by atoms with van der Waals surface area (Å²) >= 11 is 0. The molecule has 0 radical (unpaired) electrons. The maximum atomic E-state index is 11.9. The van der Waals surface area contributed by atoms with E-state index in [1.807, 2.05) is 19.9 Å². The number of urea groups is 1. The summed E-state index contributed by atoms with van der Waals surface area (Å²) in [5, 5.41) is 2.73. The molecule has 2 amide bonds. The minimum absolute atomic E-state index is 0.147. The molecule has 0 aromatic rings. The van der Waals surface area contributed by atoms with Crippen molar-refractivity contribution in [1.29, 1.82) is 0 Å². The second kappa shape index (κ2) is 7.81. The average molecular weight is 268 g/mol. The third-order valence-electron chi connectivity index (χ3n) is 3.02. The van der Waals surface area contributed by atoms with E-state index >= 15 is 0 Å². The van der Waals surface area contributed by atoms with Crippen LogP contribution < -0.4 is 5.32 Å². The molecule has 1 N–H and O–H groups in total. The predicted octanol–water partition coefficient (Wildman–Crippen LogP) is 2.14. The second-order valence-corrected chi connectivity index (χ2v) is 5.09. The lowest BCUT2D eigenvalue weighted by Crippen LogP contribution is -2.46. The van der Waals surface area contributed by atoms with Crippen LogP contribution in [0.15, 0.2) is 12.3 Å². The molecule has 1 saturated heterocycles. The Morgan fingerprint density at radius 1 is 1.47 bits per heavy atom. The van der Waals surface area contributed by atoms with Crippen LogP contribution in [0.4, 0.5) is 4.79 Å². The number of carbonyl (C=O) groups excluding carboxylic acids is 2. The van der Waals surface area contributed by atoms with Gasteiger partial charge in [-0.3, -0.25) is 4.79 Å². The molecule has 1 aliphatic heterocycles. The van der Waals surface area contributed by atoms with Crippen LogP contribution in [-0.2, 0) is 9.53 Å². The molecule has 1 rings (SSSR count). The van der Waals surface area contributed by atoms with E-state index in [0.29, 0.717) is 25.6 Å². The van der Waals surface area contributed by atoms with Crippen molar-refractivity contribution in [2.24, 2.45) is 11.8 Å². The summed E-state index contributed by atoms with van der Waals surface area (Å²) in [6.07, 6.45) is 5.22. The molecular weight excluding hydrogens is 244 g/mol. The first kappa shape index (κ1) is 15.5. The van der Waals surface area contributed by atoms with Crippen LogP contribution in [0.5, 0.6) is 0 Å². The minimum Gasteiger partial charge on any atom is -0.466 e. The topological polar surface area (TPSA) is 58.6 Å². The van der Waals surface area contributed by atoms with E-state index in [4.69, 9.17) is 4.74 Å². The Hall–Kier alpha value is -1.52. The molecule has 108 valence electrons. The first-order valence-corrected chi connectivity index (χ1v) is 6.93. The fourth-order valence-corrected chi connectivity index (χ4v) is 2.02. The van der Waals surface area contributed by atoms with Gasteiger partial charge >= 0.3 is 12.0 Å². The highest BCUT2D eigenvalue weighted by Gasteiger charge is 2.28. The Morgan fingerprint density at radius 3 is 2.84 bits per heavy atom. The Morgan fingerprint density at radius 2 is 2.21 bits per heavy atom. The molecule has 1 aliphatic rings. The molecule has 0 spiro atoms. The Bertz CT molecular complexity index is 340. The number of amides is 2. The minimum atomic E-state index is -0.197. The van der Waals surface area contributed by atoms with Gasteiger partial charge in [-0.2, -0.15) is 0 Å². The molecule has 5 nitrogen and oxygen atoms in total. The van der Waals surface area contributed by atoms with Gasteiger partial charge in [0.1, 0.15) is 0 Å². The molecular formula is C14H24N2O3. The number of hydrogen-bond acceptors (Lipinski definition) is 3. The number of allylic oxidation sites excluding steroid dienone is 1. The van der Waals surface area contributed by atoms with Crippen LogP contribution in [0.3, 0.4) is 0 Å². The van der Waals surface area contributed by atoms with Crippen molar-refractivity contribution >= 4 is 12.0 Å². The van der Waals surface area contributed by atoms with E-state index in [1.54, 1.807) is 18.0 Å². The SMILES string of the molecule is CCOC(=O)C1CCCN(C(=O)N/C=C/C(C)C)C1. The molecule has 5 heteroatoms. The van der Waals surface area contributed by atoms with Crippen molar-refractivity contribution in [3.8, 4) is 0 Å². The number of carbonyl (C=O) groups is 2. The zero-order chi connectivity index (χ0) is 14.3. The van der Waals surface area contributed by atoms with E-state index in [0.717, 1.165) is 12.8 Å². The van der Waals surface area contributed by atoms with Crippen LogP contribution in [0.25, 0.3) is 0 Å². The number of nitrogens with one attached hydrogen (secondary N) is 1. The third kappa shape index (κ3) is 5.32. The van der Waals surface area contributed by atoms with Crippen molar-refractivity contribution < 1.29 is 14.3 Å². The first-order valence-electron chi connectivity index (χ1n) is 6.93. The number of rotatable bonds is 4. The van der Waals surface area contributed by atoms with Crippen LogP contribution >= 0.6 is 0 Å². The number of hydrogen-bond donors (Lipinski definition) is 1. The highest BCUT2D eigenvalue weighted by atomic mass is 16.5. The third-order valence-corrected chi connectivity index (χ3v) is 3.02. The van der Waals surface area contributed by atoms with Crippen LogP contribution in [-0.4, -0.2) is 36.6 Å². The van der Waals surface area contributed by atoms with Gasteiger partial charge in [-0.15, -0.1) is 0 Å². The molecule has 1 heterocycles. The smallest absolute Gasteiger partial charge is 0.321 e. The van der Waals surface area contributed by atoms with Gasteiger partial charge in [0, 0.05) is 19.3 Å². The van der Waals surface area contributed by atoms with Gasteiger partial charge in [0.05, 0.1) is 12.5 Å². The van der Waals surface area contributed by atoms with Gasteiger partial charge in [-0.25, -0.2) is 4.79 Å². The maximum absolute atomic E-state index is 11.9. The summed E-state index contributed by atoms with van der Waals surface area (Å²) in [5.74, 6) is 0.0141. The lowest BCUT2D eigenvalue weighted by atomic mass is 9.98. The van der Waals surface area contributed by atoms with Crippen molar-refractivity contribution in [3.05, 3.63) is 12.3 Å². The van der Waals surface area contributed by atoms with E-state index in [2.05, 4.69) is 5.32 Å². The number of piperidine rings is 1. The van der Waals surface area contributed by atoms with Crippen LogP contribution in [0, 0.1) is 11.8 Å². The molecule has 1 fully saturated rings. The zero-order valence-electron chi connectivity index (χ0n) is 12.0. The first-order chi connectivity index (χ1) is 9.04. The fourth-order valence-electron chi connectivity index (χ4n) is 2.02. The highest BCUT2D eigenvalue weighted by molar-refractivity contribution is 5.77. The predicted molar refractivity (Wildman–Crippen MR) is 73.4 cm³/mol. The quantitative estimate of drug-likeness (QED) is 0.795. The molecule has 0 aliphatic carbocycles. The lowest BCUT2D eigenvalue weighted by Gasteiger charge is -2.31. The fraction of sp³-hybridized carbons (Fsp3) is 0.714. The monoisotopic (exact) mass is 268 g/mol. The number of ether oxygens (including phenoxy) is 1. The van der Waals surface area contributed by atoms with E-state index in [9.17, 15) is 9.59 Å². The summed E-state index contributed by atoms with van der Waals surface area (Å²) in [4.78, 5) is 25.3. The Labute approximate surface area is 115 Å². The van der Waals surface area contributed by atoms with Gasteiger partial charge in [-0.05, 0) is 25.7 Å². The zero-order valence-corrected chi connectivity index (χ0v) is 12.0. The normalized spacial score (nSPS) is 19.8. The van der Waals surface area contributed by atoms with Gasteiger partial charge in [0.2, 0.25) is 0 Å². The second-order valence-electron chi connectivity index (χ2n) is 5.09. The van der Waals surface area contributed by atoms with Gasteiger partial charge < -0.3 is 15.0 Å². The summed E-state index contributed by atoms with van der Waals surface area (Å²) in [6, 6.07) is -0.147. The maximum Gasteiger partial charge on any atom is 0.321 e. The molecule has 0 bridgehead atoms. The molecule has 0 aromatic heterocycles. The van der Waals surface area contributed by atoms with Crippen molar-refractivity contribution in [2.75, 3.05) is 19.7 Å². The lowest BCUT2D eigenvalue weighted by molar-refractivity contribution is -0.149. The standard InChI is InChI=1S/C14H24N2O3/c1-4-19-13(17)12-6-5-9-16(10-12)14(18)15-8-7-11(2)3/h7-8,11-12H,4-6,9-10H2,1-3H3,(H,15,18)/b8-7+. The van der Waals surface area contributed by atoms with Crippen LogP contribution in [0.1, 0.15) is 33.6 Å². The summed E-state index contributed by atoms with van der Waals surface area (Å²) in [5.41, 5.74) is 0. The Kier molecular flexibility index (Phi) is 6.39. The summed E-state index contributed by atoms with van der Waals surface area (Å²) in [7, 11) is 0. The van der Waals surface area contributed by atoms with Crippen molar-refractivity contribution in [1.82, 2.24) is 10.2 Å². The molecule has 0 saturated carbocycles. The van der Waals surface area contributed by atoms with E-state index < -0.39 is 0 Å². The molecule has 0 aromatic carbocycles. The van der Waals surface area contributed by atoms with Crippen molar-refractivity contribution in [2.45, 2.75) is 33.6 Å². The largest absolute Gasteiger partial charge is 0.466 e. The van der Waals surface area contributed by atoms with Gasteiger partial charge in [0.25, 0.3) is 0 Å². The highest BCUT2D eigenvalue weighted by Crippen LogP contribution is 2.17. The summed E-state index contributed by atoms with van der Waals surface area (Å²) in [6.45, 7) is 7.40. The number of likely N-dealkylation sites (tertiary alicyclic amines) is 1. The number of nitrogens with zero attached hydrogens (tertiary/aromatic N) is 1. The molecule has 1 atom stereocenters.